The topological polar surface area (TPSA) is 80.4 Å². The molecule has 17 heavy (non-hydrogen) atoms. The molecule has 0 fully saturated rings. The van der Waals surface area contributed by atoms with E-state index in [1.54, 1.807) is 18.7 Å². The molecule has 0 amide bonds. The van der Waals surface area contributed by atoms with Gasteiger partial charge in [-0.15, -0.1) is 5.10 Å². The third-order valence-corrected chi connectivity index (χ3v) is 2.12. The number of hydrogen-bond donors (Lipinski definition) is 1. The van der Waals surface area contributed by atoms with E-state index in [4.69, 9.17) is 5.11 Å². The molecule has 0 aliphatic heterocycles. The summed E-state index contributed by atoms with van der Waals surface area (Å²) in [6.45, 7) is 1.79. The third kappa shape index (κ3) is 5.91. The summed E-state index contributed by atoms with van der Waals surface area (Å²) in [4.78, 5) is 14.4. The summed E-state index contributed by atoms with van der Waals surface area (Å²) in [7, 11) is 2.77. The van der Waals surface area contributed by atoms with E-state index in [1.807, 2.05) is 12.4 Å². The Morgan fingerprint density at radius 3 is 2.88 bits per heavy atom. The van der Waals surface area contributed by atoms with E-state index < -0.39 is 0 Å². The highest BCUT2D eigenvalue weighted by Gasteiger charge is 2.05. The number of unbranched alkanes of at least 4 members (excludes halogenated alkanes) is 1. The number of aryl methyl sites for hydroxylation is 1. The Morgan fingerprint density at radius 1 is 1.59 bits per heavy atom. The van der Waals surface area contributed by atoms with Crippen molar-refractivity contribution in [3.63, 3.8) is 0 Å². The highest BCUT2D eigenvalue weighted by atomic mass is 16.2. The lowest BCUT2D eigenvalue weighted by molar-refractivity contribution is -0.110. The minimum Gasteiger partial charge on any atom is -0.400 e. The summed E-state index contributed by atoms with van der Waals surface area (Å²) in [6, 6.07) is -0.233. The molecular weight excluding hydrogens is 220 g/mol. The van der Waals surface area contributed by atoms with Crippen molar-refractivity contribution in [3.05, 3.63) is 11.9 Å². The Morgan fingerprint density at radius 2 is 2.29 bits per heavy atom. The molecule has 0 saturated carbocycles. The van der Waals surface area contributed by atoms with Gasteiger partial charge in [-0.25, -0.2) is 4.68 Å². The van der Waals surface area contributed by atoms with Crippen molar-refractivity contribution in [2.45, 2.75) is 32.2 Å². The lowest BCUT2D eigenvalue weighted by atomic mass is 10.2. The Balaban J connectivity index is 0.00000121. The molecule has 0 bridgehead atoms. The number of aliphatic hydroxyl groups is 1. The molecule has 0 radical (unpaired) electrons. The number of nitrogens with zero attached hydrogens (tertiary/aromatic N) is 4. The molecule has 1 rings (SSSR count). The van der Waals surface area contributed by atoms with Crippen LogP contribution in [0.3, 0.4) is 0 Å². The minimum absolute atomic E-state index is 0.233. The average Bonchev–Trinajstić information content (AvgIpc) is 2.85. The van der Waals surface area contributed by atoms with Crippen LogP contribution in [0.15, 0.2) is 11.2 Å². The van der Waals surface area contributed by atoms with Gasteiger partial charge in [-0.3, -0.25) is 0 Å². The molecule has 1 aromatic heterocycles. The Bertz CT molecular complexity index is 336. The second kappa shape index (κ2) is 9.65. The quantitative estimate of drug-likeness (QED) is 0.450. The fraction of sp³-hybridized carbons (Fsp3) is 0.636. The van der Waals surface area contributed by atoms with Gasteiger partial charge in [0.25, 0.3) is 0 Å². The van der Waals surface area contributed by atoms with Gasteiger partial charge >= 0.3 is 0 Å². The van der Waals surface area contributed by atoms with Gasteiger partial charge in [-0.2, -0.15) is 0 Å². The van der Waals surface area contributed by atoms with Crippen LogP contribution in [0.25, 0.3) is 0 Å². The van der Waals surface area contributed by atoms with Crippen LogP contribution in [-0.2, 0) is 11.2 Å². The Kier molecular flexibility index (Phi) is 8.77. The van der Waals surface area contributed by atoms with Crippen molar-refractivity contribution in [2.75, 3.05) is 14.2 Å². The van der Waals surface area contributed by atoms with E-state index in [2.05, 4.69) is 15.3 Å². The molecule has 0 spiro atoms. The van der Waals surface area contributed by atoms with E-state index in [9.17, 15) is 4.79 Å². The third-order valence-electron chi connectivity index (χ3n) is 2.12. The monoisotopic (exact) mass is 240 g/mol. The molecule has 6 nitrogen and oxygen atoms in total. The van der Waals surface area contributed by atoms with Crippen LogP contribution >= 0.6 is 0 Å². The zero-order valence-electron chi connectivity index (χ0n) is 10.6. The maximum Gasteiger partial charge on any atom is 0.144 e. The summed E-state index contributed by atoms with van der Waals surface area (Å²) in [6.07, 6.45) is 7.39. The molecule has 1 unspecified atom stereocenters. The van der Waals surface area contributed by atoms with Gasteiger partial charge in [-0.1, -0.05) is 5.21 Å². The second-order valence-electron chi connectivity index (χ2n) is 3.40. The summed E-state index contributed by atoms with van der Waals surface area (Å²) in [5, 5.41) is 14.9. The number of hydrogen-bond acceptors (Lipinski definition) is 5. The van der Waals surface area contributed by atoms with Gasteiger partial charge < -0.3 is 14.9 Å². The SMILES string of the molecule is CN=CCCCc1cn(C(C)C=O)nn1.CO. The first-order valence-corrected chi connectivity index (χ1v) is 5.49. The molecule has 0 aromatic carbocycles. The van der Waals surface area contributed by atoms with E-state index in [0.29, 0.717) is 0 Å². The smallest absolute Gasteiger partial charge is 0.144 e. The zero-order chi connectivity index (χ0) is 13.1. The molecule has 0 saturated heterocycles. The molecule has 6 heteroatoms. The summed E-state index contributed by atoms with van der Waals surface area (Å²) < 4.78 is 1.58. The molecular formula is C11H20N4O2. The number of rotatable bonds is 6. The lowest BCUT2D eigenvalue weighted by Crippen LogP contribution is -2.06. The maximum absolute atomic E-state index is 10.5. The molecule has 0 aliphatic carbocycles. The van der Waals surface area contributed by atoms with Crippen molar-refractivity contribution in [2.24, 2.45) is 4.99 Å². The van der Waals surface area contributed by atoms with Crippen LogP contribution in [0.5, 0.6) is 0 Å². The second-order valence-corrected chi connectivity index (χ2v) is 3.40. The van der Waals surface area contributed by atoms with Gasteiger partial charge in [0.2, 0.25) is 0 Å². The number of aldehydes is 1. The highest BCUT2D eigenvalue weighted by Crippen LogP contribution is 2.04. The van der Waals surface area contributed by atoms with Gasteiger partial charge in [0, 0.05) is 20.4 Å². The van der Waals surface area contributed by atoms with Gasteiger partial charge in [-0.05, 0) is 32.4 Å². The highest BCUT2D eigenvalue weighted by molar-refractivity contribution is 5.56. The molecule has 1 aromatic rings. The Labute approximate surface area is 101 Å². The number of carbonyl (C=O) groups is 1. The van der Waals surface area contributed by atoms with Crippen LogP contribution in [0.4, 0.5) is 0 Å². The molecule has 96 valence electrons. The first-order chi connectivity index (χ1) is 8.27. The van der Waals surface area contributed by atoms with Crippen molar-refractivity contribution < 1.29 is 9.90 Å². The van der Waals surface area contributed by atoms with E-state index in [-0.39, 0.29) is 6.04 Å². The predicted octanol–water partition coefficient (Wildman–Crippen LogP) is 0.670. The summed E-state index contributed by atoms with van der Waals surface area (Å²) in [5.74, 6) is 0. The zero-order valence-corrected chi connectivity index (χ0v) is 10.6. The Hall–Kier alpha value is -1.56. The van der Waals surface area contributed by atoms with Crippen molar-refractivity contribution in [1.29, 1.82) is 0 Å². The normalized spacial score (nSPS) is 12.0. The number of aliphatic imine (C=N–C) groups is 1. The number of aliphatic hydroxyl groups excluding tert-OH is 1. The van der Waals surface area contributed by atoms with Gasteiger partial charge in [0.1, 0.15) is 12.3 Å². The van der Waals surface area contributed by atoms with Crippen molar-refractivity contribution in [1.82, 2.24) is 15.0 Å². The summed E-state index contributed by atoms with van der Waals surface area (Å²) >= 11 is 0. The summed E-state index contributed by atoms with van der Waals surface area (Å²) in [5.41, 5.74) is 0.924. The minimum atomic E-state index is -0.233. The van der Waals surface area contributed by atoms with Crippen molar-refractivity contribution in [3.8, 4) is 0 Å². The van der Waals surface area contributed by atoms with Gasteiger partial charge in [0.05, 0.1) is 5.69 Å². The molecule has 1 N–H and O–H groups in total. The first-order valence-electron chi connectivity index (χ1n) is 5.49. The largest absolute Gasteiger partial charge is 0.400 e. The van der Waals surface area contributed by atoms with Crippen LogP contribution < -0.4 is 0 Å². The fourth-order valence-corrected chi connectivity index (χ4v) is 1.19. The van der Waals surface area contributed by atoms with Crippen LogP contribution in [0, 0.1) is 0 Å². The molecule has 0 aliphatic rings. The number of carbonyl (C=O) groups excluding carboxylic acids is 1. The van der Waals surface area contributed by atoms with E-state index in [0.717, 1.165) is 38.4 Å². The molecule has 1 heterocycles. The standard InChI is InChI=1S/C10H16N4O.CH4O/c1-9(8-15)14-7-10(12-13-14)5-3-4-6-11-2;1-2/h6-9H,3-5H2,1-2H3;2H,1H3. The van der Waals surface area contributed by atoms with E-state index in [1.165, 1.54) is 0 Å². The van der Waals surface area contributed by atoms with E-state index >= 15 is 0 Å². The van der Waals surface area contributed by atoms with Crippen LogP contribution in [-0.4, -0.2) is 46.8 Å². The number of aromatic nitrogens is 3. The van der Waals surface area contributed by atoms with Gasteiger partial charge in [0.15, 0.2) is 0 Å². The lowest BCUT2D eigenvalue weighted by Gasteiger charge is -1.99. The first kappa shape index (κ1) is 15.4. The predicted molar refractivity (Wildman–Crippen MR) is 66.3 cm³/mol. The fourth-order valence-electron chi connectivity index (χ4n) is 1.19. The van der Waals surface area contributed by atoms with Crippen LogP contribution in [0.2, 0.25) is 0 Å². The maximum atomic E-state index is 10.5. The average molecular weight is 240 g/mol. The molecule has 1 atom stereocenters. The van der Waals surface area contributed by atoms with Crippen LogP contribution in [0.1, 0.15) is 31.5 Å². The van der Waals surface area contributed by atoms with Crippen molar-refractivity contribution >= 4 is 12.5 Å².